The third-order valence-corrected chi connectivity index (χ3v) is 6.54. The highest BCUT2D eigenvalue weighted by Gasteiger charge is 2.37. The summed E-state index contributed by atoms with van der Waals surface area (Å²) in [7, 11) is -2.69. The second-order valence-corrected chi connectivity index (χ2v) is 9.00. The number of amides is 1. The highest BCUT2D eigenvalue weighted by Crippen LogP contribution is 2.34. The largest absolute Gasteiger partial charge is 0.505 e. The van der Waals surface area contributed by atoms with Crippen LogP contribution in [0.5, 0.6) is 0 Å². The van der Waals surface area contributed by atoms with Crippen LogP contribution in [0.3, 0.4) is 0 Å². The van der Waals surface area contributed by atoms with Gasteiger partial charge in [-0.2, -0.15) is 0 Å². The molecule has 1 aromatic carbocycles. The molecule has 0 saturated carbocycles. The number of aromatic nitrogens is 1. The predicted molar refractivity (Wildman–Crippen MR) is 122 cm³/mol. The summed E-state index contributed by atoms with van der Waals surface area (Å²) in [5, 5.41) is 21.2. The van der Waals surface area contributed by atoms with Gasteiger partial charge in [-0.15, -0.1) is 0 Å². The minimum Gasteiger partial charge on any atom is -0.505 e. The molecule has 1 atom stereocenters. The van der Waals surface area contributed by atoms with Gasteiger partial charge in [-0.05, 0) is 43.7 Å². The van der Waals surface area contributed by atoms with E-state index in [0.717, 1.165) is 17.1 Å². The van der Waals surface area contributed by atoms with Crippen molar-refractivity contribution in [1.82, 2.24) is 9.29 Å². The number of carbonyl (C=O) groups excluding carboxylic acids is 1. The number of sulfonamides is 1. The Balaban J connectivity index is 0.000000328. The number of nitrogens with zero attached hydrogens (tertiary/aromatic N) is 2. The van der Waals surface area contributed by atoms with Crippen LogP contribution in [0.4, 0.5) is 5.82 Å². The molecule has 0 saturated heterocycles. The fraction of sp³-hybridized carbons (Fsp3) is 0.286. The number of fused-ring (bicyclic) bond motifs is 1. The Hall–Kier alpha value is -3.48. The Morgan fingerprint density at radius 3 is 2.42 bits per heavy atom. The maximum atomic E-state index is 12.5. The van der Waals surface area contributed by atoms with Gasteiger partial charge in [0.25, 0.3) is 15.9 Å². The number of aliphatic hydroxyl groups excluding tert-OH is 1. The zero-order valence-corrected chi connectivity index (χ0v) is 18.8. The van der Waals surface area contributed by atoms with Crippen molar-refractivity contribution in [1.29, 1.82) is 0 Å². The molecular weight excluding hydrogens is 450 g/mol. The minimum absolute atomic E-state index is 0.0469. The number of rotatable bonds is 7. The third kappa shape index (κ3) is 6.28. The van der Waals surface area contributed by atoms with Gasteiger partial charge in [0.2, 0.25) is 0 Å². The van der Waals surface area contributed by atoms with Gasteiger partial charge in [-0.3, -0.25) is 13.9 Å². The number of carboxylic acids is 1. The van der Waals surface area contributed by atoms with Gasteiger partial charge in [0.15, 0.2) is 11.5 Å². The summed E-state index contributed by atoms with van der Waals surface area (Å²) in [5.74, 6) is -1.84. The number of carbonyl (C=O) groups is 2. The van der Waals surface area contributed by atoms with E-state index in [4.69, 9.17) is 16.6 Å². The Morgan fingerprint density at radius 1 is 1.15 bits per heavy atom. The second kappa shape index (κ2) is 11.4. The smallest absolute Gasteiger partial charge is 0.320 e. The van der Waals surface area contributed by atoms with Crippen LogP contribution < -0.4 is 16.8 Å². The van der Waals surface area contributed by atoms with E-state index >= 15 is 0 Å². The standard InChI is InChI=1S/C15H13N3O4S.C6H14N2O2/c1-18-13(15(20)17-12-8-4-5-9-16-12)14(19)10-6-2-3-7-11(10)23(18,21)22;7-4-2-1-3-5(8)6(9)10/h2-9,19H,1H3,(H,16,17,20);5H,1-4,7-8H2,(H,9,10)/t;5-/m.0/s1. The molecule has 12 heteroatoms. The van der Waals surface area contributed by atoms with Crippen LogP contribution in [-0.2, 0) is 19.6 Å². The fourth-order valence-electron chi connectivity index (χ4n) is 2.93. The molecule has 0 bridgehead atoms. The van der Waals surface area contributed by atoms with E-state index < -0.39 is 33.7 Å². The first kappa shape index (κ1) is 25.8. The van der Waals surface area contributed by atoms with Gasteiger partial charge in [-0.25, -0.2) is 13.4 Å². The fourth-order valence-corrected chi connectivity index (χ4v) is 4.32. The lowest BCUT2D eigenvalue weighted by molar-refractivity contribution is -0.138. The van der Waals surface area contributed by atoms with Crippen LogP contribution in [0.25, 0.3) is 5.76 Å². The molecule has 0 fully saturated rings. The van der Waals surface area contributed by atoms with E-state index in [1.165, 1.54) is 25.4 Å². The van der Waals surface area contributed by atoms with Gasteiger partial charge in [0, 0.05) is 18.8 Å². The molecule has 11 nitrogen and oxygen atoms in total. The van der Waals surface area contributed by atoms with Crippen LogP contribution in [0.2, 0.25) is 0 Å². The lowest BCUT2D eigenvalue weighted by Gasteiger charge is -2.28. The van der Waals surface area contributed by atoms with Gasteiger partial charge in [0.1, 0.15) is 11.9 Å². The molecule has 1 aromatic heterocycles. The number of nitrogens with one attached hydrogen (secondary N) is 1. The number of hydrogen-bond acceptors (Lipinski definition) is 8. The zero-order valence-electron chi connectivity index (χ0n) is 18.0. The maximum Gasteiger partial charge on any atom is 0.320 e. The molecule has 0 aliphatic carbocycles. The number of anilines is 1. The van der Waals surface area contributed by atoms with Gasteiger partial charge < -0.3 is 27.0 Å². The highest BCUT2D eigenvalue weighted by molar-refractivity contribution is 7.89. The van der Waals surface area contributed by atoms with E-state index in [2.05, 4.69) is 10.3 Å². The molecule has 0 radical (unpaired) electrons. The van der Waals surface area contributed by atoms with Crippen LogP contribution >= 0.6 is 0 Å². The summed E-state index contributed by atoms with van der Waals surface area (Å²) in [6.07, 6.45) is 3.65. The summed E-state index contributed by atoms with van der Waals surface area (Å²) in [6, 6.07) is 10.2. The van der Waals surface area contributed by atoms with Crippen molar-refractivity contribution in [2.75, 3.05) is 18.9 Å². The Labute approximate surface area is 191 Å². The molecule has 1 aliphatic rings. The van der Waals surface area contributed by atoms with Crippen LogP contribution in [0.15, 0.2) is 59.3 Å². The van der Waals surface area contributed by atoms with Gasteiger partial charge in [0.05, 0.1) is 4.90 Å². The number of aliphatic carboxylic acids is 1. The summed E-state index contributed by atoms with van der Waals surface area (Å²) >= 11 is 0. The second-order valence-electron chi connectivity index (χ2n) is 7.06. The van der Waals surface area contributed by atoms with Crippen LogP contribution in [0.1, 0.15) is 24.8 Å². The third-order valence-electron chi connectivity index (χ3n) is 4.73. The summed E-state index contributed by atoms with van der Waals surface area (Å²) < 4.78 is 25.8. The molecule has 178 valence electrons. The molecule has 7 N–H and O–H groups in total. The van der Waals surface area contributed by atoms with Crippen molar-refractivity contribution in [3.05, 3.63) is 59.9 Å². The lowest BCUT2D eigenvalue weighted by Crippen LogP contribution is -2.37. The molecule has 0 unspecified atom stereocenters. The number of nitrogens with two attached hydrogens (primary N) is 2. The first-order chi connectivity index (χ1) is 15.6. The molecule has 1 amide bonds. The monoisotopic (exact) mass is 477 g/mol. The van der Waals surface area contributed by atoms with Crippen LogP contribution in [0, 0.1) is 0 Å². The van der Waals surface area contributed by atoms with Crippen molar-refractivity contribution < 1.29 is 28.2 Å². The molecule has 3 rings (SSSR count). The number of aliphatic hydroxyl groups is 1. The SMILES string of the molecule is CN1C(C(=O)Nc2ccccn2)=C(O)c2ccccc2S1(=O)=O.NCCCC[C@H](N)C(=O)O. The molecule has 2 aromatic rings. The number of pyridine rings is 1. The minimum atomic E-state index is -3.91. The highest BCUT2D eigenvalue weighted by atomic mass is 32.2. The van der Waals surface area contributed by atoms with E-state index in [9.17, 15) is 23.1 Å². The van der Waals surface area contributed by atoms with E-state index in [-0.39, 0.29) is 22.0 Å². The van der Waals surface area contributed by atoms with Crippen molar-refractivity contribution in [3.63, 3.8) is 0 Å². The number of carboxylic acid groups (broad SMARTS) is 1. The first-order valence-electron chi connectivity index (χ1n) is 10.0. The zero-order chi connectivity index (χ0) is 24.6. The molecule has 33 heavy (non-hydrogen) atoms. The predicted octanol–water partition coefficient (Wildman–Crippen LogP) is 1.11. The Kier molecular flexibility index (Phi) is 8.91. The molecule has 2 heterocycles. The van der Waals surface area contributed by atoms with E-state index in [0.29, 0.717) is 13.0 Å². The molecule has 0 spiro atoms. The van der Waals surface area contributed by atoms with Gasteiger partial charge in [-0.1, -0.05) is 24.6 Å². The first-order valence-corrected chi connectivity index (χ1v) is 11.5. The van der Waals surface area contributed by atoms with Crippen LogP contribution in [-0.4, -0.2) is 59.4 Å². The van der Waals surface area contributed by atoms with Crippen molar-refractivity contribution >= 4 is 33.5 Å². The topological polar surface area (TPSA) is 189 Å². The summed E-state index contributed by atoms with van der Waals surface area (Å²) in [6.45, 7) is 0.604. The number of hydrogen-bond donors (Lipinski definition) is 5. The Bertz CT molecular complexity index is 1120. The van der Waals surface area contributed by atoms with Crippen molar-refractivity contribution in [3.8, 4) is 0 Å². The number of likely N-dealkylation sites (N-methyl/N-ethyl adjacent to an activating group) is 1. The average Bonchev–Trinajstić information content (AvgIpc) is 2.79. The summed E-state index contributed by atoms with van der Waals surface area (Å²) in [5.41, 5.74) is 10.2. The normalized spacial score (nSPS) is 15.1. The average molecular weight is 478 g/mol. The number of unbranched alkanes of at least 4 members (excludes halogenated alkanes) is 1. The lowest BCUT2D eigenvalue weighted by atomic mass is 10.1. The summed E-state index contributed by atoms with van der Waals surface area (Å²) in [4.78, 5) is 26.4. The van der Waals surface area contributed by atoms with E-state index in [1.807, 2.05) is 0 Å². The van der Waals surface area contributed by atoms with Gasteiger partial charge >= 0.3 is 5.97 Å². The Morgan fingerprint density at radius 2 is 1.82 bits per heavy atom. The molecular formula is C21H27N5O6S. The van der Waals surface area contributed by atoms with E-state index in [1.54, 1.807) is 30.3 Å². The maximum absolute atomic E-state index is 12.5. The quantitative estimate of drug-likeness (QED) is 0.364. The number of benzene rings is 1. The van der Waals surface area contributed by atoms with Crippen molar-refractivity contribution in [2.45, 2.75) is 30.2 Å². The van der Waals surface area contributed by atoms with Crippen molar-refractivity contribution in [2.24, 2.45) is 11.5 Å². The molecule has 1 aliphatic heterocycles.